The van der Waals surface area contributed by atoms with Gasteiger partial charge in [-0.3, -0.25) is 14.4 Å². The number of hydrogen-bond acceptors (Lipinski definition) is 3. The third kappa shape index (κ3) is 5.51. The van der Waals surface area contributed by atoms with Crippen molar-refractivity contribution in [3.05, 3.63) is 89.5 Å². The van der Waals surface area contributed by atoms with E-state index in [1.54, 1.807) is 0 Å². The topological polar surface area (TPSA) is 87.3 Å². The first-order valence-electron chi connectivity index (χ1n) is 10.6. The lowest BCUT2D eigenvalue weighted by Crippen LogP contribution is -2.44. The summed E-state index contributed by atoms with van der Waals surface area (Å²) < 4.78 is 45.5. The molecule has 182 valence electrons. The molecule has 0 fully saturated rings. The number of amides is 3. The van der Waals surface area contributed by atoms with Gasteiger partial charge in [0.2, 0.25) is 17.7 Å². The summed E-state index contributed by atoms with van der Waals surface area (Å²) in [5.74, 6) is -1.04. The Morgan fingerprint density at radius 1 is 0.514 bits per heavy atom. The van der Waals surface area contributed by atoms with Crippen LogP contribution in [0.4, 0.5) is 30.2 Å². The molecule has 35 heavy (non-hydrogen) atoms. The lowest BCUT2D eigenvalue weighted by Gasteiger charge is -2.38. The van der Waals surface area contributed by atoms with Crippen LogP contribution < -0.4 is 16.0 Å². The average molecular weight is 483 g/mol. The minimum absolute atomic E-state index is 0.0707. The molecule has 3 aromatic carbocycles. The van der Waals surface area contributed by atoms with Gasteiger partial charge in [0.05, 0.1) is 0 Å². The van der Waals surface area contributed by atoms with Crippen molar-refractivity contribution in [1.82, 2.24) is 0 Å². The van der Waals surface area contributed by atoms with Crippen molar-refractivity contribution in [2.24, 2.45) is 0 Å². The molecule has 3 N–H and O–H groups in total. The Bertz CT molecular complexity index is 1080. The van der Waals surface area contributed by atoms with Gasteiger partial charge in [0.15, 0.2) is 0 Å². The molecule has 0 aromatic heterocycles. The van der Waals surface area contributed by atoms with E-state index >= 15 is 13.2 Å². The molecule has 0 aliphatic rings. The lowest BCUT2D eigenvalue weighted by atomic mass is 9.68. The summed E-state index contributed by atoms with van der Waals surface area (Å²) in [5.41, 5.74) is -1.71. The van der Waals surface area contributed by atoms with E-state index in [1.807, 2.05) is 0 Å². The van der Waals surface area contributed by atoms with Gasteiger partial charge >= 0.3 is 6.18 Å². The van der Waals surface area contributed by atoms with Gasteiger partial charge in [-0.1, -0.05) is 36.4 Å². The highest BCUT2D eigenvalue weighted by atomic mass is 19.4. The quantitative estimate of drug-likeness (QED) is 0.407. The van der Waals surface area contributed by atoms with Crippen LogP contribution in [0.3, 0.4) is 0 Å². The van der Waals surface area contributed by atoms with E-state index in [0.717, 1.165) is 0 Å². The van der Waals surface area contributed by atoms with Crippen LogP contribution in [0.5, 0.6) is 0 Å². The Labute approximate surface area is 200 Å². The zero-order valence-electron chi connectivity index (χ0n) is 19.3. The van der Waals surface area contributed by atoms with Crippen LogP contribution in [0, 0.1) is 0 Å². The summed E-state index contributed by atoms with van der Waals surface area (Å²) in [6.45, 7) is 3.92. The smallest absolute Gasteiger partial charge is 0.326 e. The van der Waals surface area contributed by atoms with E-state index in [-0.39, 0.29) is 34.4 Å². The van der Waals surface area contributed by atoms with Gasteiger partial charge in [0.1, 0.15) is 5.41 Å². The zero-order chi connectivity index (χ0) is 25.8. The van der Waals surface area contributed by atoms with Crippen molar-refractivity contribution in [2.75, 3.05) is 16.0 Å². The van der Waals surface area contributed by atoms with E-state index in [4.69, 9.17) is 0 Å². The highest BCUT2D eigenvalue weighted by Gasteiger charge is 2.58. The fourth-order valence-corrected chi connectivity index (χ4v) is 4.01. The van der Waals surface area contributed by atoms with E-state index < -0.39 is 11.6 Å². The van der Waals surface area contributed by atoms with Crippen molar-refractivity contribution in [2.45, 2.75) is 32.4 Å². The largest absolute Gasteiger partial charge is 0.406 e. The van der Waals surface area contributed by atoms with E-state index in [9.17, 15) is 14.4 Å². The predicted octanol–water partition coefficient (Wildman–Crippen LogP) is 5.46. The van der Waals surface area contributed by atoms with Gasteiger partial charge in [-0.15, -0.1) is 0 Å². The maximum absolute atomic E-state index is 15.2. The molecule has 0 spiro atoms. The monoisotopic (exact) mass is 483 g/mol. The molecule has 0 heterocycles. The second-order valence-electron chi connectivity index (χ2n) is 8.02. The number of alkyl halides is 3. The SMILES string of the molecule is CC(=O)Nc1ccc(C(c2ccc(NC(C)=O)cc2)(c2ccc(NC(C)=O)cc2)C(F)(F)F)cc1. The van der Waals surface area contributed by atoms with Crippen LogP contribution in [0.2, 0.25) is 0 Å². The molecule has 0 aliphatic heterocycles. The first-order valence-corrected chi connectivity index (χ1v) is 10.6. The molecule has 0 atom stereocenters. The second-order valence-corrected chi connectivity index (χ2v) is 8.02. The number of anilines is 3. The predicted molar refractivity (Wildman–Crippen MR) is 128 cm³/mol. The molecule has 0 saturated heterocycles. The maximum atomic E-state index is 15.2. The number of halogens is 3. The third-order valence-electron chi connectivity index (χ3n) is 5.34. The third-order valence-corrected chi connectivity index (χ3v) is 5.34. The normalized spacial score (nSPS) is 11.5. The summed E-state index contributed by atoms with van der Waals surface area (Å²) in [4.78, 5) is 34.1. The Morgan fingerprint density at radius 3 is 0.914 bits per heavy atom. The second kappa shape index (κ2) is 10.0. The van der Waals surface area contributed by atoms with Crippen LogP contribution in [0.25, 0.3) is 0 Å². The molecule has 3 rings (SSSR count). The average Bonchev–Trinajstić information content (AvgIpc) is 2.75. The van der Waals surface area contributed by atoms with Crippen molar-refractivity contribution < 1.29 is 27.6 Å². The molecule has 0 bridgehead atoms. The van der Waals surface area contributed by atoms with Crippen LogP contribution >= 0.6 is 0 Å². The molecule has 9 heteroatoms. The van der Waals surface area contributed by atoms with Crippen LogP contribution in [-0.2, 0) is 19.8 Å². The van der Waals surface area contributed by atoms with Crippen LogP contribution in [0.15, 0.2) is 72.8 Å². The Kier molecular flexibility index (Phi) is 7.28. The summed E-state index contributed by atoms with van der Waals surface area (Å²) in [6.07, 6.45) is -4.78. The number of benzene rings is 3. The van der Waals surface area contributed by atoms with Crippen molar-refractivity contribution in [3.8, 4) is 0 Å². The van der Waals surface area contributed by atoms with E-state index in [1.165, 1.54) is 93.6 Å². The molecule has 0 saturated carbocycles. The Balaban J connectivity index is 2.25. The number of nitrogens with one attached hydrogen (secondary N) is 3. The molecule has 6 nitrogen and oxygen atoms in total. The standard InChI is InChI=1S/C26H24F3N3O3/c1-16(33)30-22-10-4-19(5-11-22)25(26(27,28)29,20-6-12-23(13-7-20)31-17(2)34)21-8-14-24(15-9-21)32-18(3)35/h4-15H,1-3H3,(H,30,33)(H,31,34)(H,32,35). The minimum Gasteiger partial charge on any atom is -0.326 e. The summed E-state index contributed by atoms with van der Waals surface area (Å²) in [6, 6.07) is 16.4. The van der Waals surface area contributed by atoms with Gasteiger partial charge < -0.3 is 16.0 Å². The van der Waals surface area contributed by atoms with Gasteiger partial charge in [0, 0.05) is 37.8 Å². The van der Waals surface area contributed by atoms with Crippen LogP contribution in [-0.4, -0.2) is 23.9 Å². The fourth-order valence-electron chi connectivity index (χ4n) is 4.01. The number of rotatable bonds is 6. The van der Waals surface area contributed by atoms with Crippen molar-refractivity contribution >= 4 is 34.8 Å². The number of hydrogen-bond donors (Lipinski definition) is 3. The van der Waals surface area contributed by atoms with Gasteiger partial charge in [0.25, 0.3) is 0 Å². The van der Waals surface area contributed by atoms with Crippen molar-refractivity contribution in [3.63, 3.8) is 0 Å². The molecular weight excluding hydrogens is 459 g/mol. The molecule has 0 unspecified atom stereocenters. The number of carbonyl (C=O) groups excluding carboxylic acids is 3. The molecule has 3 aromatic rings. The van der Waals surface area contributed by atoms with Gasteiger partial charge in [-0.05, 0) is 53.1 Å². The maximum Gasteiger partial charge on any atom is 0.406 e. The highest BCUT2D eigenvalue weighted by Crippen LogP contribution is 2.51. The first kappa shape index (κ1) is 25.5. The van der Waals surface area contributed by atoms with E-state index in [0.29, 0.717) is 17.1 Å². The molecule has 0 radical (unpaired) electrons. The van der Waals surface area contributed by atoms with Gasteiger partial charge in [-0.25, -0.2) is 0 Å². The Hall–Kier alpha value is -4.14. The zero-order valence-corrected chi connectivity index (χ0v) is 19.3. The van der Waals surface area contributed by atoms with Crippen molar-refractivity contribution in [1.29, 1.82) is 0 Å². The molecule has 0 aliphatic carbocycles. The summed E-state index contributed by atoms with van der Waals surface area (Å²) in [7, 11) is 0. The molecule has 3 amide bonds. The highest BCUT2D eigenvalue weighted by molar-refractivity contribution is 5.90. The van der Waals surface area contributed by atoms with Gasteiger partial charge in [-0.2, -0.15) is 13.2 Å². The fraction of sp³-hybridized carbons (Fsp3) is 0.192. The minimum atomic E-state index is -4.78. The summed E-state index contributed by atoms with van der Waals surface area (Å²) >= 11 is 0. The molecular formula is C26H24F3N3O3. The van der Waals surface area contributed by atoms with E-state index in [2.05, 4.69) is 16.0 Å². The number of carbonyl (C=O) groups is 3. The Morgan fingerprint density at radius 2 is 0.743 bits per heavy atom. The lowest BCUT2D eigenvalue weighted by molar-refractivity contribution is -0.166. The summed E-state index contributed by atoms with van der Waals surface area (Å²) in [5, 5.41) is 7.66. The van der Waals surface area contributed by atoms with Crippen LogP contribution in [0.1, 0.15) is 37.5 Å². The first-order chi connectivity index (χ1) is 16.4.